The lowest BCUT2D eigenvalue weighted by Gasteiger charge is -2.07. The Morgan fingerprint density at radius 3 is 2.35 bits per heavy atom. The summed E-state index contributed by atoms with van der Waals surface area (Å²) in [6.45, 7) is 4.38. The van der Waals surface area contributed by atoms with Crippen molar-refractivity contribution in [2.75, 3.05) is 6.61 Å². The summed E-state index contributed by atoms with van der Waals surface area (Å²) in [5.41, 5.74) is 1.40. The number of aryl methyl sites for hydroxylation is 1. The molecule has 0 saturated carbocycles. The predicted octanol–water partition coefficient (Wildman–Crippen LogP) is 4.27. The average molecular weight is 291 g/mol. The van der Waals surface area contributed by atoms with Crippen molar-refractivity contribution in [3.8, 4) is 11.5 Å². The largest absolute Gasteiger partial charge is 0.494 e. The van der Waals surface area contributed by atoms with Crippen LogP contribution in [0.1, 0.15) is 22.8 Å². The number of esters is 1. The van der Waals surface area contributed by atoms with E-state index >= 15 is 0 Å². The molecule has 0 heterocycles. The maximum atomic E-state index is 12.0. The van der Waals surface area contributed by atoms with Crippen molar-refractivity contribution in [3.63, 3.8) is 0 Å². The van der Waals surface area contributed by atoms with Crippen LogP contribution in [0.4, 0.5) is 0 Å². The van der Waals surface area contributed by atoms with Gasteiger partial charge >= 0.3 is 5.97 Å². The third-order valence-electron chi connectivity index (χ3n) is 2.75. The molecule has 4 heteroatoms. The molecule has 0 amide bonds. The molecule has 0 bridgehead atoms. The molecule has 0 radical (unpaired) electrons. The number of ether oxygens (including phenoxy) is 2. The minimum absolute atomic E-state index is 0.423. The molecule has 0 atom stereocenters. The van der Waals surface area contributed by atoms with Gasteiger partial charge < -0.3 is 9.47 Å². The van der Waals surface area contributed by atoms with Gasteiger partial charge in [-0.15, -0.1) is 0 Å². The van der Waals surface area contributed by atoms with Crippen molar-refractivity contribution in [1.82, 2.24) is 0 Å². The standard InChI is InChI=1S/C16H15ClO3/c1-3-19-13-8-5-12(6-9-13)16(18)20-14-7-4-11(2)15(17)10-14/h4-10H,3H2,1-2H3. The van der Waals surface area contributed by atoms with Gasteiger partial charge in [0.15, 0.2) is 0 Å². The Morgan fingerprint density at radius 1 is 1.10 bits per heavy atom. The summed E-state index contributed by atoms with van der Waals surface area (Å²) in [5.74, 6) is 0.731. The van der Waals surface area contributed by atoms with Gasteiger partial charge in [0.05, 0.1) is 12.2 Å². The van der Waals surface area contributed by atoms with Gasteiger partial charge in [0.25, 0.3) is 0 Å². The summed E-state index contributed by atoms with van der Waals surface area (Å²) in [6, 6.07) is 12.0. The molecule has 0 unspecified atom stereocenters. The Kier molecular flexibility index (Phi) is 4.64. The molecule has 2 rings (SSSR count). The molecule has 20 heavy (non-hydrogen) atoms. The van der Waals surface area contributed by atoms with E-state index in [1.54, 1.807) is 36.4 Å². The van der Waals surface area contributed by atoms with Crippen LogP contribution in [-0.4, -0.2) is 12.6 Å². The Morgan fingerprint density at radius 2 is 1.75 bits per heavy atom. The van der Waals surface area contributed by atoms with Crippen molar-refractivity contribution in [3.05, 3.63) is 58.6 Å². The summed E-state index contributed by atoms with van der Waals surface area (Å²) >= 11 is 5.99. The number of hydrogen-bond donors (Lipinski definition) is 0. The zero-order chi connectivity index (χ0) is 14.5. The van der Waals surface area contributed by atoms with Crippen LogP contribution in [-0.2, 0) is 0 Å². The average Bonchev–Trinajstić information content (AvgIpc) is 2.44. The Bertz CT molecular complexity index is 606. The lowest BCUT2D eigenvalue weighted by molar-refractivity contribution is 0.0734. The second-order valence-corrected chi connectivity index (χ2v) is 4.67. The Hall–Kier alpha value is -2.00. The highest BCUT2D eigenvalue weighted by molar-refractivity contribution is 6.31. The summed E-state index contributed by atoms with van der Waals surface area (Å²) in [5, 5.41) is 0.571. The monoisotopic (exact) mass is 290 g/mol. The van der Waals surface area contributed by atoms with Crippen LogP contribution >= 0.6 is 11.6 Å². The van der Waals surface area contributed by atoms with Gasteiger partial charge in [-0.2, -0.15) is 0 Å². The number of benzene rings is 2. The maximum absolute atomic E-state index is 12.0. The highest BCUT2D eigenvalue weighted by atomic mass is 35.5. The molecule has 104 valence electrons. The summed E-state index contributed by atoms with van der Waals surface area (Å²) in [7, 11) is 0. The molecule has 0 fully saturated rings. The lowest BCUT2D eigenvalue weighted by atomic mass is 10.2. The van der Waals surface area contributed by atoms with Crippen LogP contribution in [0.25, 0.3) is 0 Å². The molecule has 0 aliphatic heterocycles. The van der Waals surface area contributed by atoms with Crippen molar-refractivity contribution < 1.29 is 14.3 Å². The SMILES string of the molecule is CCOc1ccc(C(=O)Oc2ccc(C)c(Cl)c2)cc1. The van der Waals surface area contributed by atoms with Crippen molar-refractivity contribution in [2.45, 2.75) is 13.8 Å². The fourth-order valence-electron chi connectivity index (χ4n) is 1.66. The predicted molar refractivity (Wildman–Crippen MR) is 78.8 cm³/mol. The fraction of sp³-hybridized carbons (Fsp3) is 0.188. The second-order valence-electron chi connectivity index (χ2n) is 4.26. The molecule has 0 spiro atoms. The van der Waals surface area contributed by atoms with Gasteiger partial charge in [0, 0.05) is 5.02 Å². The minimum Gasteiger partial charge on any atom is -0.494 e. The number of carbonyl (C=O) groups excluding carboxylic acids is 1. The lowest BCUT2D eigenvalue weighted by Crippen LogP contribution is -2.08. The third kappa shape index (κ3) is 3.52. The molecule has 0 aliphatic rings. The van der Waals surface area contributed by atoms with Crippen LogP contribution in [0.2, 0.25) is 5.02 Å². The summed E-state index contributed by atoms with van der Waals surface area (Å²) < 4.78 is 10.6. The summed E-state index contributed by atoms with van der Waals surface area (Å²) in [4.78, 5) is 12.0. The first kappa shape index (κ1) is 14.4. The zero-order valence-electron chi connectivity index (χ0n) is 11.4. The van der Waals surface area contributed by atoms with E-state index in [9.17, 15) is 4.79 Å². The second kappa shape index (κ2) is 6.44. The van der Waals surface area contributed by atoms with E-state index in [-0.39, 0.29) is 0 Å². The number of hydrogen-bond acceptors (Lipinski definition) is 3. The topological polar surface area (TPSA) is 35.5 Å². The normalized spacial score (nSPS) is 10.2. The molecule has 2 aromatic rings. The number of carbonyl (C=O) groups is 1. The van der Waals surface area contributed by atoms with Gasteiger partial charge in [-0.25, -0.2) is 4.79 Å². The van der Waals surface area contributed by atoms with Gasteiger partial charge in [-0.05, 0) is 55.8 Å². The van der Waals surface area contributed by atoms with Crippen molar-refractivity contribution in [1.29, 1.82) is 0 Å². The molecule has 0 N–H and O–H groups in total. The van der Waals surface area contributed by atoms with Crippen LogP contribution in [0.3, 0.4) is 0 Å². The van der Waals surface area contributed by atoms with Gasteiger partial charge in [-0.1, -0.05) is 17.7 Å². The van der Waals surface area contributed by atoms with Crippen LogP contribution < -0.4 is 9.47 Å². The van der Waals surface area contributed by atoms with Gasteiger partial charge in [-0.3, -0.25) is 0 Å². The van der Waals surface area contributed by atoms with E-state index in [0.29, 0.717) is 22.9 Å². The first-order chi connectivity index (χ1) is 9.60. The van der Waals surface area contributed by atoms with Crippen LogP contribution in [0, 0.1) is 6.92 Å². The third-order valence-corrected chi connectivity index (χ3v) is 3.16. The molecule has 2 aromatic carbocycles. The highest BCUT2D eigenvalue weighted by Crippen LogP contribution is 2.22. The Labute approximate surface area is 123 Å². The quantitative estimate of drug-likeness (QED) is 0.623. The molecule has 0 saturated heterocycles. The highest BCUT2D eigenvalue weighted by Gasteiger charge is 2.09. The van der Waals surface area contributed by atoms with E-state index in [4.69, 9.17) is 21.1 Å². The van der Waals surface area contributed by atoms with E-state index in [0.717, 1.165) is 11.3 Å². The summed E-state index contributed by atoms with van der Waals surface area (Å²) in [6.07, 6.45) is 0. The van der Waals surface area contributed by atoms with Crippen molar-refractivity contribution in [2.24, 2.45) is 0 Å². The number of halogens is 1. The first-order valence-electron chi connectivity index (χ1n) is 6.31. The molecule has 3 nitrogen and oxygen atoms in total. The van der Waals surface area contributed by atoms with E-state index in [1.165, 1.54) is 0 Å². The van der Waals surface area contributed by atoms with Crippen LogP contribution in [0.15, 0.2) is 42.5 Å². The van der Waals surface area contributed by atoms with Gasteiger partial charge in [0.1, 0.15) is 11.5 Å². The maximum Gasteiger partial charge on any atom is 0.343 e. The molecular formula is C16H15ClO3. The van der Waals surface area contributed by atoms with Gasteiger partial charge in [0.2, 0.25) is 0 Å². The zero-order valence-corrected chi connectivity index (χ0v) is 12.1. The van der Waals surface area contributed by atoms with E-state index in [1.807, 2.05) is 19.9 Å². The Balaban J connectivity index is 2.09. The van der Waals surface area contributed by atoms with E-state index < -0.39 is 5.97 Å². The number of rotatable bonds is 4. The molecular weight excluding hydrogens is 276 g/mol. The van der Waals surface area contributed by atoms with E-state index in [2.05, 4.69) is 0 Å². The first-order valence-corrected chi connectivity index (χ1v) is 6.69. The molecule has 0 aromatic heterocycles. The molecule has 0 aliphatic carbocycles. The fourth-order valence-corrected chi connectivity index (χ4v) is 1.83. The smallest absolute Gasteiger partial charge is 0.343 e. The van der Waals surface area contributed by atoms with Crippen molar-refractivity contribution >= 4 is 17.6 Å². The minimum atomic E-state index is -0.423. The van der Waals surface area contributed by atoms with Crippen LogP contribution in [0.5, 0.6) is 11.5 Å².